The van der Waals surface area contributed by atoms with Gasteiger partial charge in [0, 0.05) is 4.88 Å². The van der Waals surface area contributed by atoms with Crippen molar-refractivity contribution < 1.29 is 8.78 Å². The number of benzene rings is 1. The van der Waals surface area contributed by atoms with Crippen LogP contribution in [-0.2, 0) is 6.42 Å². The van der Waals surface area contributed by atoms with Gasteiger partial charge >= 0.3 is 0 Å². The highest BCUT2D eigenvalue weighted by Gasteiger charge is 2.15. The summed E-state index contributed by atoms with van der Waals surface area (Å²) in [6.45, 7) is 0. The molecule has 0 aliphatic carbocycles. The van der Waals surface area contributed by atoms with Gasteiger partial charge in [0.25, 0.3) is 0 Å². The monoisotopic (exact) mass is 336 g/mol. The van der Waals surface area contributed by atoms with Crippen molar-refractivity contribution in [1.29, 1.82) is 0 Å². The fraction of sp³-hybridized carbons (Fsp3) is 0.167. The summed E-state index contributed by atoms with van der Waals surface area (Å²) in [7, 11) is 0. The van der Waals surface area contributed by atoms with E-state index in [0.717, 1.165) is 10.9 Å². The van der Waals surface area contributed by atoms with Crippen molar-refractivity contribution in [2.45, 2.75) is 11.2 Å². The van der Waals surface area contributed by atoms with E-state index in [1.54, 1.807) is 12.1 Å². The first-order valence-electron chi connectivity index (χ1n) is 4.90. The molecular weight excluding hydrogens is 330 g/mol. The van der Waals surface area contributed by atoms with Gasteiger partial charge in [0.1, 0.15) is 0 Å². The summed E-state index contributed by atoms with van der Waals surface area (Å²) < 4.78 is 27.2. The third kappa shape index (κ3) is 3.06. The van der Waals surface area contributed by atoms with Gasteiger partial charge in [0.2, 0.25) is 0 Å². The third-order valence-electron chi connectivity index (χ3n) is 2.33. The molecule has 0 saturated carbocycles. The van der Waals surface area contributed by atoms with Gasteiger partial charge in [-0.05, 0) is 30.2 Å². The molecular formula is C12H8BrClF2S. The summed E-state index contributed by atoms with van der Waals surface area (Å²) in [6, 6.07) is 7.88. The highest BCUT2D eigenvalue weighted by atomic mass is 79.9. The first-order chi connectivity index (χ1) is 8.08. The average Bonchev–Trinajstić information content (AvgIpc) is 2.72. The van der Waals surface area contributed by atoms with Crippen molar-refractivity contribution in [2.75, 3.05) is 0 Å². The van der Waals surface area contributed by atoms with Gasteiger partial charge in [0.05, 0.1) is 9.16 Å². The molecule has 0 spiro atoms. The Bertz CT molecular complexity index is 527. The minimum atomic E-state index is -0.814. The number of rotatable bonds is 3. The van der Waals surface area contributed by atoms with E-state index in [0.29, 0.717) is 16.3 Å². The molecule has 0 radical (unpaired) electrons. The number of hydrogen-bond donors (Lipinski definition) is 0. The maximum Gasteiger partial charge on any atom is 0.162 e. The normalized spacial score (nSPS) is 12.7. The maximum atomic E-state index is 13.5. The Morgan fingerprint density at radius 3 is 2.65 bits per heavy atom. The van der Waals surface area contributed by atoms with Gasteiger partial charge in [-0.3, -0.25) is 0 Å². The topological polar surface area (TPSA) is 0 Å². The van der Waals surface area contributed by atoms with Crippen molar-refractivity contribution >= 4 is 38.9 Å². The zero-order valence-electron chi connectivity index (χ0n) is 8.59. The van der Waals surface area contributed by atoms with Gasteiger partial charge in [-0.25, -0.2) is 8.78 Å². The number of alkyl halides is 1. The molecule has 0 fully saturated rings. The Morgan fingerprint density at radius 2 is 2.00 bits per heavy atom. The van der Waals surface area contributed by atoms with Crippen molar-refractivity contribution in [3.05, 3.63) is 56.7 Å². The van der Waals surface area contributed by atoms with Crippen LogP contribution in [0.15, 0.2) is 30.3 Å². The maximum absolute atomic E-state index is 13.5. The van der Waals surface area contributed by atoms with Gasteiger partial charge in [-0.15, -0.1) is 11.3 Å². The molecule has 2 rings (SSSR count). The molecule has 1 aromatic carbocycles. The molecule has 17 heavy (non-hydrogen) atoms. The Balaban J connectivity index is 2.18. The standard InChI is InChI=1S/C12H8BrClF2S/c13-8(10-4-5-11(14)17-10)6-7-2-1-3-9(15)12(7)16/h1-5,8H,6H2. The smallest absolute Gasteiger partial charge is 0.162 e. The lowest BCUT2D eigenvalue weighted by Gasteiger charge is -2.08. The second kappa shape index (κ2) is 5.46. The van der Waals surface area contributed by atoms with E-state index in [4.69, 9.17) is 11.6 Å². The molecule has 0 amide bonds. The number of halogens is 4. The highest BCUT2D eigenvalue weighted by Crippen LogP contribution is 2.34. The molecule has 1 atom stereocenters. The first kappa shape index (κ1) is 13.0. The van der Waals surface area contributed by atoms with Crippen molar-refractivity contribution in [3.8, 4) is 0 Å². The minimum absolute atomic E-state index is 0.0590. The molecule has 5 heteroatoms. The summed E-state index contributed by atoms with van der Waals surface area (Å²) in [5.74, 6) is -1.59. The number of hydrogen-bond acceptors (Lipinski definition) is 1. The van der Waals surface area contributed by atoms with Crippen LogP contribution >= 0.6 is 38.9 Å². The third-order valence-corrected chi connectivity index (χ3v) is 4.80. The van der Waals surface area contributed by atoms with Gasteiger partial charge in [-0.1, -0.05) is 39.7 Å². The average molecular weight is 338 g/mol. The van der Waals surface area contributed by atoms with Crippen molar-refractivity contribution in [2.24, 2.45) is 0 Å². The zero-order chi connectivity index (χ0) is 12.4. The first-order valence-corrected chi connectivity index (χ1v) is 7.01. The van der Waals surface area contributed by atoms with E-state index in [-0.39, 0.29) is 4.83 Å². The summed E-state index contributed by atoms with van der Waals surface area (Å²) in [6.07, 6.45) is 0.389. The lowest BCUT2D eigenvalue weighted by molar-refractivity contribution is 0.498. The largest absolute Gasteiger partial charge is 0.204 e. The molecule has 1 aromatic heterocycles. The molecule has 0 nitrogen and oxygen atoms in total. The van der Waals surface area contributed by atoms with E-state index in [2.05, 4.69) is 15.9 Å². The Labute approximate surface area is 115 Å². The zero-order valence-corrected chi connectivity index (χ0v) is 11.7. The highest BCUT2D eigenvalue weighted by molar-refractivity contribution is 9.09. The quantitative estimate of drug-likeness (QED) is 0.662. The van der Waals surface area contributed by atoms with Crippen LogP contribution in [-0.4, -0.2) is 0 Å². The van der Waals surface area contributed by atoms with Gasteiger partial charge in [0.15, 0.2) is 11.6 Å². The SMILES string of the molecule is Fc1cccc(CC(Br)c2ccc(Cl)s2)c1F. The fourth-order valence-electron chi connectivity index (χ4n) is 1.50. The van der Waals surface area contributed by atoms with E-state index in [1.807, 2.05) is 6.07 Å². The summed E-state index contributed by atoms with van der Waals surface area (Å²) in [5.41, 5.74) is 0.358. The predicted octanol–water partition coefficient (Wildman–Crippen LogP) is 5.36. The second-order valence-electron chi connectivity index (χ2n) is 3.53. The fourth-order valence-corrected chi connectivity index (χ4v) is 3.32. The van der Waals surface area contributed by atoms with Crippen LogP contribution in [0, 0.1) is 11.6 Å². The Kier molecular flexibility index (Phi) is 4.17. The molecule has 0 saturated heterocycles. The predicted molar refractivity (Wildman–Crippen MR) is 71.1 cm³/mol. The van der Waals surface area contributed by atoms with Crippen LogP contribution in [0.25, 0.3) is 0 Å². The van der Waals surface area contributed by atoms with E-state index >= 15 is 0 Å². The number of thiophene rings is 1. The minimum Gasteiger partial charge on any atom is -0.204 e. The van der Waals surface area contributed by atoms with E-state index < -0.39 is 11.6 Å². The lowest BCUT2D eigenvalue weighted by Crippen LogP contribution is -1.98. The summed E-state index contributed by atoms with van der Waals surface area (Å²) in [5, 5.41) is 0. The van der Waals surface area contributed by atoms with Gasteiger partial charge < -0.3 is 0 Å². The van der Waals surface area contributed by atoms with E-state index in [9.17, 15) is 8.78 Å². The molecule has 0 bridgehead atoms. The van der Waals surface area contributed by atoms with Crippen LogP contribution in [0.1, 0.15) is 15.3 Å². The molecule has 1 unspecified atom stereocenters. The van der Waals surface area contributed by atoms with Crippen LogP contribution in [0.5, 0.6) is 0 Å². The summed E-state index contributed by atoms with van der Waals surface area (Å²) in [4.78, 5) is 0.940. The molecule has 0 aliphatic rings. The van der Waals surface area contributed by atoms with Crippen LogP contribution in [0.4, 0.5) is 8.78 Å². The Morgan fingerprint density at radius 1 is 1.24 bits per heavy atom. The van der Waals surface area contributed by atoms with Crippen LogP contribution < -0.4 is 0 Å². The van der Waals surface area contributed by atoms with Crippen molar-refractivity contribution in [3.63, 3.8) is 0 Å². The molecule has 90 valence electrons. The molecule has 0 N–H and O–H groups in total. The van der Waals surface area contributed by atoms with Crippen LogP contribution in [0.3, 0.4) is 0 Å². The second-order valence-corrected chi connectivity index (χ2v) is 6.38. The molecule has 0 aliphatic heterocycles. The molecule has 2 aromatic rings. The Hall–Kier alpha value is -0.450. The lowest BCUT2D eigenvalue weighted by atomic mass is 10.1. The van der Waals surface area contributed by atoms with E-state index in [1.165, 1.54) is 17.4 Å². The van der Waals surface area contributed by atoms with Crippen LogP contribution in [0.2, 0.25) is 4.34 Å². The summed E-state index contributed by atoms with van der Waals surface area (Å²) >= 11 is 10.7. The molecule has 1 heterocycles. The van der Waals surface area contributed by atoms with Crippen molar-refractivity contribution in [1.82, 2.24) is 0 Å². The van der Waals surface area contributed by atoms with Gasteiger partial charge in [-0.2, -0.15) is 0 Å².